The Kier molecular flexibility index (Phi) is 5.55. The summed E-state index contributed by atoms with van der Waals surface area (Å²) in [6, 6.07) is 10.1. The van der Waals surface area contributed by atoms with Crippen LogP contribution in [-0.2, 0) is 22.5 Å². The zero-order chi connectivity index (χ0) is 16.8. The number of aromatic nitrogens is 2. The number of rotatable bonds is 6. The average Bonchev–Trinajstić information content (AvgIpc) is 3.03. The molecule has 0 radical (unpaired) electrons. The maximum atomic E-state index is 11.8. The summed E-state index contributed by atoms with van der Waals surface area (Å²) in [6.45, 7) is 3.76. The Hall–Kier alpha value is -2.25. The van der Waals surface area contributed by atoms with Crippen molar-refractivity contribution >= 4 is 5.91 Å². The number of ether oxygens (including phenoxy) is 1. The van der Waals surface area contributed by atoms with Gasteiger partial charge in [-0.15, -0.1) is 0 Å². The first-order valence-corrected chi connectivity index (χ1v) is 8.09. The van der Waals surface area contributed by atoms with Gasteiger partial charge in [0, 0.05) is 39.7 Å². The number of nitrogens with zero attached hydrogens (tertiary/aromatic N) is 4. The largest absolute Gasteiger partial charge is 0.375 e. The summed E-state index contributed by atoms with van der Waals surface area (Å²) in [5.74, 6) is 1.36. The summed E-state index contributed by atoms with van der Waals surface area (Å²) in [5.41, 5.74) is 1.16. The SMILES string of the molecule is COCC(=O)N1CCN(Cc2nc(Cc3ccccc3)no2)CC1. The van der Waals surface area contributed by atoms with E-state index in [9.17, 15) is 4.79 Å². The quantitative estimate of drug-likeness (QED) is 0.785. The second-order valence-electron chi connectivity index (χ2n) is 5.86. The summed E-state index contributed by atoms with van der Waals surface area (Å²) < 4.78 is 10.2. The molecule has 128 valence electrons. The molecular formula is C17H22N4O3. The van der Waals surface area contributed by atoms with Gasteiger partial charge >= 0.3 is 0 Å². The van der Waals surface area contributed by atoms with Crippen molar-refractivity contribution in [3.8, 4) is 0 Å². The molecule has 1 amide bonds. The maximum Gasteiger partial charge on any atom is 0.248 e. The van der Waals surface area contributed by atoms with Crippen LogP contribution < -0.4 is 0 Å². The molecule has 0 unspecified atom stereocenters. The molecule has 2 heterocycles. The van der Waals surface area contributed by atoms with E-state index in [-0.39, 0.29) is 12.5 Å². The Bertz CT molecular complexity index is 651. The Labute approximate surface area is 141 Å². The standard InChI is InChI=1S/C17H22N4O3/c1-23-13-17(22)21-9-7-20(8-10-21)12-16-18-15(19-24-16)11-14-5-3-2-4-6-14/h2-6H,7-13H2,1H3. The number of hydrogen-bond acceptors (Lipinski definition) is 6. The fourth-order valence-corrected chi connectivity index (χ4v) is 2.77. The predicted octanol–water partition coefficient (Wildman–Crippen LogP) is 0.951. The molecule has 1 fully saturated rings. The van der Waals surface area contributed by atoms with Crippen molar-refractivity contribution in [2.75, 3.05) is 39.9 Å². The summed E-state index contributed by atoms with van der Waals surface area (Å²) in [5, 5.41) is 4.05. The second kappa shape index (κ2) is 8.03. The first-order chi connectivity index (χ1) is 11.7. The number of hydrogen-bond donors (Lipinski definition) is 0. The van der Waals surface area contributed by atoms with Gasteiger partial charge in [-0.25, -0.2) is 0 Å². The fraction of sp³-hybridized carbons (Fsp3) is 0.471. The van der Waals surface area contributed by atoms with Crippen LogP contribution in [0.2, 0.25) is 0 Å². The van der Waals surface area contributed by atoms with Gasteiger partial charge in [-0.05, 0) is 5.56 Å². The van der Waals surface area contributed by atoms with E-state index >= 15 is 0 Å². The molecule has 1 aromatic heterocycles. The molecule has 7 nitrogen and oxygen atoms in total. The van der Waals surface area contributed by atoms with Gasteiger partial charge in [-0.1, -0.05) is 35.5 Å². The molecule has 1 aromatic carbocycles. The molecule has 7 heteroatoms. The minimum Gasteiger partial charge on any atom is -0.375 e. The fourth-order valence-electron chi connectivity index (χ4n) is 2.77. The van der Waals surface area contributed by atoms with Crippen LogP contribution in [0, 0.1) is 0 Å². The van der Waals surface area contributed by atoms with E-state index in [1.807, 2.05) is 35.2 Å². The van der Waals surface area contributed by atoms with E-state index in [4.69, 9.17) is 9.26 Å². The van der Waals surface area contributed by atoms with Gasteiger partial charge in [0.05, 0.1) is 6.54 Å². The first kappa shape index (κ1) is 16.6. The van der Waals surface area contributed by atoms with E-state index in [1.165, 1.54) is 7.11 Å². The van der Waals surface area contributed by atoms with Crippen LogP contribution in [0.25, 0.3) is 0 Å². The highest BCUT2D eigenvalue weighted by Gasteiger charge is 2.22. The highest BCUT2D eigenvalue weighted by molar-refractivity contribution is 5.77. The third-order valence-electron chi connectivity index (χ3n) is 4.07. The zero-order valence-corrected chi connectivity index (χ0v) is 13.9. The average molecular weight is 330 g/mol. The van der Waals surface area contributed by atoms with Gasteiger partial charge in [0.15, 0.2) is 5.82 Å². The van der Waals surface area contributed by atoms with Crippen LogP contribution in [0.3, 0.4) is 0 Å². The van der Waals surface area contributed by atoms with Crippen molar-refractivity contribution in [3.05, 3.63) is 47.6 Å². The molecule has 1 aliphatic heterocycles. The third-order valence-corrected chi connectivity index (χ3v) is 4.07. The van der Waals surface area contributed by atoms with Crippen molar-refractivity contribution in [1.29, 1.82) is 0 Å². The highest BCUT2D eigenvalue weighted by atomic mass is 16.5. The second-order valence-corrected chi connectivity index (χ2v) is 5.86. The number of benzene rings is 1. The highest BCUT2D eigenvalue weighted by Crippen LogP contribution is 2.10. The van der Waals surface area contributed by atoms with Crippen LogP contribution in [0.15, 0.2) is 34.9 Å². The molecule has 0 N–H and O–H groups in total. The summed E-state index contributed by atoms with van der Waals surface area (Å²) >= 11 is 0. The summed E-state index contributed by atoms with van der Waals surface area (Å²) in [4.78, 5) is 20.3. The van der Waals surface area contributed by atoms with Gasteiger partial charge < -0.3 is 14.2 Å². The molecular weight excluding hydrogens is 308 g/mol. The van der Waals surface area contributed by atoms with E-state index in [1.54, 1.807) is 0 Å². The molecule has 0 saturated carbocycles. The normalized spacial score (nSPS) is 15.6. The lowest BCUT2D eigenvalue weighted by Crippen LogP contribution is -2.49. The molecule has 1 saturated heterocycles. The monoisotopic (exact) mass is 330 g/mol. The number of piperazine rings is 1. The van der Waals surface area contributed by atoms with Gasteiger partial charge in [0.2, 0.25) is 11.8 Å². The predicted molar refractivity (Wildman–Crippen MR) is 87.3 cm³/mol. The Balaban J connectivity index is 1.48. The Morgan fingerprint density at radius 1 is 1.21 bits per heavy atom. The summed E-state index contributed by atoms with van der Waals surface area (Å²) in [7, 11) is 1.54. The van der Waals surface area contributed by atoms with E-state index in [2.05, 4.69) is 15.0 Å². The van der Waals surface area contributed by atoms with Crippen molar-refractivity contribution in [1.82, 2.24) is 19.9 Å². The third kappa shape index (κ3) is 4.39. The molecule has 2 aromatic rings. The van der Waals surface area contributed by atoms with Crippen LogP contribution in [0.5, 0.6) is 0 Å². The van der Waals surface area contributed by atoms with Gasteiger partial charge in [0.25, 0.3) is 0 Å². The smallest absolute Gasteiger partial charge is 0.248 e. The van der Waals surface area contributed by atoms with E-state index in [0.29, 0.717) is 37.8 Å². The molecule has 0 aliphatic carbocycles. The van der Waals surface area contributed by atoms with Gasteiger partial charge in [-0.2, -0.15) is 4.98 Å². The molecule has 24 heavy (non-hydrogen) atoms. The Morgan fingerprint density at radius 3 is 2.67 bits per heavy atom. The molecule has 3 rings (SSSR count). The van der Waals surface area contributed by atoms with Crippen molar-refractivity contribution in [3.63, 3.8) is 0 Å². The van der Waals surface area contributed by atoms with Crippen LogP contribution in [-0.4, -0.2) is 65.7 Å². The molecule has 0 spiro atoms. The topological polar surface area (TPSA) is 71.7 Å². The molecule has 0 atom stereocenters. The van der Waals surface area contributed by atoms with Crippen LogP contribution in [0.4, 0.5) is 0 Å². The van der Waals surface area contributed by atoms with E-state index in [0.717, 1.165) is 18.7 Å². The van der Waals surface area contributed by atoms with Crippen molar-refractivity contribution in [2.24, 2.45) is 0 Å². The summed E-state index contributed by atoms with van der Waals surface area (Å²) in [6.07, 6.45) is 0.670. The van der Waals surface area contributed by atoms with Crippen molar-refractivity contribution in [2.45, 2.75) is 13.0 Å². The maximum absolute atomic E-state index is 11.8. The van der Waals surface area contributed by atoms with Crippen LogP contribution >= 0.6 is 0 Å². The molecule has 0 bridgehead atoms. The van der Waals surface area contributed by atoms with Gasteiger partial charge in [0.1, 0.15) is 6.61 Å². The first-order valence-electron chi connectivity index (χ1n) is 8.09. The number of methoxy groups -OCH3 is 1. The zero-order valence-electron chi connectivity index (χ0n) is 13.9. The minimum atomic E-state index is 0.0417. The number of carbonyl (C=O) groups excluding carboxylic acids is 1. The minimum absolute atomic E-state index is 0.0417. The number of amides is 1. The molecule has 1 aliphatic rings. The lowest BCUT2D eigenvalue weighted by Gasteiger charge is -2.33. The Morgan fingerprint density at radius 2 is 1.96 bits per heavy atom. The van der Waals surface area contributed by atoms with Crippen LogP contribution in [0.1, 0.15) is 17.3 Å². The number of carbonyl (C=O) groups is 1. The van der Waals surface area contributed by atoms with E-state index < -0.39 is 0 Å². The lowest BCUT2D eigenvalue weighted by molar-refractivity contribution is -0.137. The lowest BCUT2D eigenvalue weighted by atomic mass is 10.1. The van der Waals surface area contributed by atoms with Gasteiger partial charge in [-0.3, -0.25) is 9.69 Å². The van der Waals surface area contributed by atoms with Crippen molar-refractivity contribution < 1.29 is 14.1 Å².